The largest absolute Gasteiger partial charge is 0.355 e. The Hall–Kier alpha value is -0.620. The molecule has 0 bridgehead atoms. The monoisotopic (exact) mass is 545 g/mol. The topological polar surface area (TPSA) is 85.8 Å². The number of nitrogens with zero attached hydrogens (tertiary/aromatic N) is 2. The minimum atomic E-state index is -3.58. The lowest BCUT2D eigenvalue weighted by atomic mass is 10.2. The van der Waals surface area contributed by atoms with Gasteiger partial charge >= 0.3 is 0 Å². The van der Waals surface area contributed by atoms with E-state index in [1.807, 2.05) is 0 Å². The molecule has 0 saturated heterocycles. The number of guanidine groups is 1. The average molecular weight is 546 g/mol. The van der Waals surface area contributed by atoms with Gasteiger partial charge in [-0.05, 0) is 45.9 Å². The van der Waals surface area contributed by atoms with Crippen LogP contribution in [0.5, 0.6) is 0 Å². The van der Waals surface area contributed by atoms with Crippen molar-refractivity contribution in [1.82, 2.24) is 20.3 Å². The highest BCUT2D eigenvalue weighted by atomic mass is 127. The molecule has 0 amide bonds. The number of benzene rings is 1. The van der Waals surface area contributed by atoms with E-state index < -0.39 is 10.0 Å². The first-order valence-electron chi connectivity index (χ1n) is 9.13. The van der Waals surface area contributed by atoms with Gasteiger partial charge < -0.3 is 10.6 Å². The van der Waals surface area contributed by atoms with Gasteiger partial charge in [0.05, 0.1) is 4.90 Å². The fourth-order valence-corrected chi connectivity index (χ4v) is 4.05. The molecule has 0 atom stereocenters. The molecule has 1 aromatic rings. The van der Waals surface area contributed by atoms with Crippen molar-refractivity contribution < 1.29 is 8.42 Å². The molecule has 10 heteroatoms. The van der Waals surface area contributed by atoms with E-state index in [2.05, 4.69) is 52.9 Å². The summed E-state index contributed by atoms with van der Waals surface area (Å²) in [6.07, 6.45) is 0. The second-order valence-corrected chi connectivity index (χ2v) is 8.91. The zero-order chi connectivity index (χ0) is 20.4. The molecule has 7 nitrogen and oxygen atoms in total. The zero-order valence-corrected chi connectivity index (χ0v) is 21.1. The van der Waals surface area contributed by atoms with Gasteiger partial charge in [0.2, 0.25) is 10.0 Å². The van der Waals surface area contributed by atoms with Crippen LogP contribution in [0.15, 0.2) is 34.2 Å². The summed E-state index contributed by atoms with van der Waals surface area (Å²) in [5.41, 5.74) is 0. The standard InChI is InChI=1S/C18H32ClN5O2S.HI/c1-14(2)24(15(3)4)12-11-22-18(20-5)21-9-10-23-27(25,26)17-8-6-7-16(19)13-17;/h6-8,13-15,23H,9-12H2,1-5H3,(H2,20,21,22);1H. The van der Waals surface area contributed by atoms with Gasteiger partial charge in [0.15, 0.2) is 5.96 Å². The molecule has 0 saturated carbocycles. The Morgan fingerprint density at radius 2 is 1.71 bits per heavy atom. The van der Waals surface area contributed by atoms with E-state index in [9.17, 15) is 8.42 Å². The molecule has 0 aliphatic heterocycles. The predicted octanol–water partition coefficient (Wildman–Crippen LogP) is 2.52. The Morgan fingerprint density at radius 3 is 2.25 bits per heavy atom. The van der Waals surface area contributed by atoms with Crippen LogP contribution in [-0.4, -0.2) is 64.6 Å². The van der Waals surface area contributed by atoms with E-state index in [0.29, 0.717) is 29.6 Å². The SMILES string of the molecule is CN=C(NCCNS(=O)(=O)c1cccc(Cl)c1)NCCN(C(C)C)C(C)C.I. The smallest absolute Gasteiger partial charge is 0.240 e. The summed E-state index contributed by atoms with van der Waals surface area (Å²) in [4.78, 5) is 6.70. The summed E-state index contributed by atoms with van der Waals surface area (Å²) in [7, 11) is -1.89. The first-order valence-corrected chi connectivity index (χ1v) is 11.0. The maximum atomic E-state index is 12.2. The van der Waals surface area contributed by atoms with Crippen molar-refractivity contribution in [2.75, 3.05) is 33.2 Å². The number of aliphatic imine (C=N–C) groups is 1. The molecule has 0 spiro atoms. The van der Waals surface area contributed by atoms with E-state index in [-0.39, 0.29) is 35.4 Å². The Morgan fingerprint density at radius 1 is 1.11 bits per heavy atom. The van der Waals surface area contributed by atoms with E-state index >= 15 is 0 Å². The van der Waals surface area contributed by atoms with E-state index in [1.54, 1.807) is 19.2 Å². The molecule has 0 radical (unpaired) electrons. The Kier molecular flexibility index (Phi) is 13.3. The van der Waals surface area contributed by atoms with Crippen LogP contribution < -0.4 is 15.4 Å². The summed E-state index contributed by atoms with van der Waals surface area (Å²) in [6.45, 7) is 11.0. The summed E-state index contributed by atoms with van der Waals surface area (Å²) < 4.78 is 27.0. The number of nitrogens with one attached hydrogen (secondary N) is 3. The van der Waals surface area contributed by atoms with Crippen molar-refractivity contribution in [2.45, 2.75) is 44.7 Å². The number of halogens is 2. The van der Waals surface area contributed by atoms with Crippen molar-refractivity contribution in [3.8, 4) is 0 Å². The van der Waals surface area contributed by atoms with Gasteiger partial charge in [0.25, 0.3) is 0 Å². The van der Waals surface area contributed by atoms with E-state index in [0.717, 1.165) is 13.1 Å². The van der Waals surface area contributed by atoms with Crippen LogP contribution in [0.2, 0.25) is 5.02 Å². The lowest BCUT2D eigenvalue weighted by molar-refractivity contribution is 0.178. The van der Waals surface area contributed by atoms with Gasteiger partial charge in [-0.1, -0.05) is 17.7 Å². The molecule has 0 heterocycles. The lowest BCUT2D eigenvalue weighted by Gasteiger charge is -2.30. The minimum absolute atomic E-state index is 0. The third-order valence-corrected chi connectivity index (χ3v) is 5.72. The molecule has 0 aromatic heterocycles. The van der Waals surface area contributed by atoms with E-state index in [4.69, 9.17) is 11.6 Å². The molecular weight excluding hydrogens is 513 g/mol. The van der Waals surface area contributed by atoms with Gasteiger partial charge in [-0.15, -0.1) is 24.0 Å². The normalized spacial score (nSPS) is 12.4. The van der Waals surface area contributed by atoms with Gasteiger partial charge in [-0.3, -0.25) is 9.89 Å². The van der Waals surface area contributed by atoms with Crippen LogP contribution in [0.3, 0.4) is 0 Å². The van der Waals surface area contributed by atoms with Crippen molar-refractivity contribution in [2.24, 2.45) is 4.99 Å². The molecule has 3 N–H and O–H groups in total. The molecule has 0 aliphatic carbocycles. The first-order chi connectivity index (χ1) is 12.7. The van der Waals surface area contributed by atoms with Crippen molar-refractivity contribution in [3.05, 3.63) is 29.3 Å². The molecule has 1 rings (SSSR count). The molecule has 0 unspecified atom stereocenters. The number of hydrogen-bond acceptors (Lipinski definition) is 4. The highest BCUT2D eigenvalue weighted by Gasteiger charge is 2.14. The second kappa shape index (κ2) is 13.6. The van der Waals surface area contributed by atoms with Crippen molar-refractivity contribution in [3.63, 3.8) is 0 Å². The molecular formula is C18H33ClIN5O2S. The zero-order valence-electron chi connectivity index (χ0n) is 17.2. The summed E-state index contributed by atoms with van der Waals surface area (Å²) in [5, 5.41) is 6.74. The summed E-state index contributed by atoms with van der Waals surface area (Å²) in [5.74, 6) is 0.643. The lowest BCUT2D eigenvalue weighted by Crippen LogP contribution is -2.46. The first kappa shape index (κ1) is 27.4. The average Bonchev–Trinajstić information content (AvgIpc) is 2.59. The van der Waals surface area contributed by atoms with Crippen LogP contribution >= 0.6 is 35.6 Å². The van der Waals surface area contributed by atoms with Crippen molar-refractivity contribution in [1.29, 1.82) is 0 Å². The van der Waals surface area contributed by atoms with Crippen LogP contribution in [0.25, 0.3) is 0 Å². The molecule has 1 aromatic carbocycles. The van der Waals surface area contributed by atoms with Gasteiger partial charge in [-0.2, -0.15) is 0 Å². The molecule has 0 fully saturated rings. The Bertz CT molecular complexity index is 706. The summed E-state index contributed by atoms with van der Waals surface area (Å²) >= 11 is 5.85. The maximum Gasteiger partial charge on any atom is 0.240 e. The highest BCUT2D eigenvalue weighted by Crippen LogP contribution is 2.14. The predicted molar refractivity (Wildman–Crippen MR) is 128 cm³/mol. The molecule has 162 valence electrons. The Labute approximate surface area is 191 Å². The number of hydrogen-bond donors (Lipinski definition) is 3. The Balaban J connectivity index is 0.00000729. The van der Waals surface area contributed by atoms with Crippen molar-refractivity contribution >= 4 is 51.6 Å². The fraction of sp³-hybridized carbons (Fsp3) is 0.611. The van der Waals surface area contributed by atoms with Gasteiger partial charge in [0, 0.05) is 50.3 Å². The maximum absolute atomic E-state index is 12.2. The third-order valence-electron chi connectivity index (χ3n) is 4.03. The fourth-order valence-electron chi connectivity index (χ4n) is 2.72. The van der Waals surface area contributed by atoms with E-state index in [1.165, 1.54) is 12.1 Å². The minimum Gasteiger partial charge on any atom is -0.355 e. The molecule has 0 aliphatic rings. The second-order valence-electron chi connectivity index (χ2n) is 6.71. The van der Waals surface area contributed by atoms with Gasteiger partial charge in [-0.25, -0.2) is 13.1 Å². The van der Waals surface area contributed by atoms with Crippen LogP contribution in [0.4, 0.5) is 0 Å². The van der Waals surface area contributed by atoms with Crippen LogP contribution in [-0.2, 0) is 10.0 Å². The summed E-state index contributed by atoms with van der Waals surface area (Å²) in [6, 6.07) is 7.13. The number of sulfonamides is 1. The third kappa shape index (κ3) is 9.73. The van der Waals surface area contributed by atoms with Crippen LogP contribution in [0.1, 0.15) is 27.7 Å². The van der Waals surface area contributed by atoms with Gasteiger partial charge in [0.1, 0.15) is 0 Å². The van der Waals surface area contributed by atoms with Crippen LogP contribution in [0, 0.1) is 0 Å². The number of rotatable bonds is 10. The molecule has 28 heavy (non-hydrogen) atoms. The quantitative estimate of drug-likeness (QED) is 0.182. The highest BCUT2D eigenvalue weighted by molar-refractivity contribution is 14.0.